The number of imidazole rings is 1. The van der Waals surface area contributed by atoms with Gasteiger partial charge in [0.1, 0.15) is 0 Å². The highest BCUT2D eigenvalue weighted by molar-refractivity contribution is 7.15. The summed E-state index contributed by atoms with van der Waals surface area (Å²) in [6.07, 6.45) is 6.50. The van der Waals surface area contributed by atoms with Crippen LogP contribution in [0.15, 0.2) is 17.8 Å². The van der Waals surface area contributed by atoms with E-state index in [1.54, 1.807) is 11.3 Å². The highest BCUT2D eigenvalue weighted by Gasteiger charge is 2.16. The van der Waals surface area contributed by atoms with Gasteiger partial charge in [-0.1, -0.05) is 13.8 Å². The molecule has 0 aliphatic rings. The van der Waals surface area contributed by atoms with E-state index < -0.39 is 0 Å². The van der Waals surface area contributed by atoms with Gasteiger partial charge >= 0.3 is 0 Å². The SMILES string of the molecule is CCC(CC)N(CCCl)Cc1cn2ccsc2n1. The van der Waals surface area contributed by atoms with E-state index in [1.807, 2.05) is 0 Å². The maximum Gasteiger partial charge on any atom is 0.193 e. The highest BCUT2D eigenvalue weighted by atomic mass is 35.5. The first-order chi connectivity index (χ1) is 8.78. The Morgan fingerprint density at radius 1 is 1.44 bits per heavy atom. The van der Waals surface area contributed by atoms with Crippen LogP contribution in [0.2, 0.25) is 0 Å². The zero-order chi connectivity index (χ0) is 13.0. The number of hydrogen-bond acceptors (Lipinski definition) is 3. The Hall–Kier alpha value is -0.580. The summed E-state index contributed by atoms with van der Waals surface area (Å²) in [6.45, 7) is 6.30. The van der Waals surface area contributed by atoms with Gasteiger partial charge in [-0.25, -0.2) is 4.98 Å². The number of aromatic nitrogens is 2. The van der Waals surface area contributed by atoms with Crippen molar-refractivity contribution in [1.82, 2.24) is 14.3 Å². The van der Waals surface area contributed by atoms with Gasteiger partial charge in [0, 0.05) is 42.8 Å². The molecule has 2 rings (SSSR count). The lowest BCUT2D eigenvalue weighted by Crippen LogP contribution is -2.35. The van der Waals surface area contributed by atoms with Crippen LogP contribution in [0.3, 0.4) is 0 Å². The molecule has 2 aromatic heterocycles. The Kier molecular flexibility index (Phi) is 5.03. The number of nitrogens with zero attached hydrogens (tertiary/aromatic N) is 3. The van der Waals surface area contributed by atoms with Crippen LogP contribution in [-0.2, 0) is 6.54 Å². The Bertz CT molecular complexity index is 447. The Labute approximate surface area is 117 Å². The fourth-order valence-corrected chi connectivity index (χ4v) is 3.30. The molecule has 18 heavy (non-hydrogen) atoms. The van der Waals surface area contributed by atoms with Crippen LogP contribution in [0.4, 0.5) is 0 Å². The van der Waals surface area contributed by atoms with Crippen LogP contribution >= 0.6 is 22.9 Å². The average Bonchev–Trinajstić information content (AvgIpc) is 2.91. The second-order valence-electron chi connectivity index (χ2n) is 4.45. The number of alkyl halides is 1. The molecule has 0 aromatic carbocycles. The first-order valence-corrected chi connectivity index (χ1v) is 7.91. The molecule has 0 aliphatic carbocycles. The van der Waals surface area contributed by atoms with Crippen LogP contribution in [0, 0.1) is 0 Å². The number of halogens is 1. The Morgan fingerprint density at radius 2 is 2.22 bits per heavy atom. The van der Waals surface area contributed by atoms with E-state index in [2.05, 4.69) is 45.9 Å². The lowest BCUT2D eigenvalue weighted by atomic mass is 10.1. The third kappa shape index (κ3) is 3.05. The average molecular weight is 286 g/mol. The van der Waals surface area contributed by atoms with E-state index >= 15 is 0 Å². The highest BCUT2D eigenvalue weighted by Crippen LogP contribution is 2.16. The van der Waals surface area contributed by atoms with Gasteiger partial charge in [-0.3, -0.25) is 9.30 Å². The van der Waals surface area contributed by atoms with Gasteiger partial charge in [-0.15, -0.1) is 22.9 Å². The van der Waals surface area contributed by atoms with Crippen molar-refractivity contribution < 1.29 is 0 Å². The summed E-state index contributed by atoms with van der Waals surface area (Å²) in [5.41, 5.74) is 1.14. The largest absolute Gasteiger partial charge is 0.297 e. The molecule has 2 heterocycles. The van der Waals surface area contributed by atoms with Crippen molar-refractivity contribution in [2.75, 3.05) is 12.4 Å². The molecule has 0 radical (unpaired) electrons. The summed E-state index contributed by atoms with van der Waals surface area (Å²) in [4.78, 5) is 8.16. The van der Waals surface area contributed by atoms with Gasteiger partial charge in [0.25, 0.3) is 0 Å². The standard InChI is InChI=1S/C13H20ClN3S/c1-3-12(4-2)16(6-5-14)9-11-10-17-7-8-18-13(17)15-11/h7-8,10,12H,3-6,9H2,1-2H3. The fourth-order valence-electron chi connectivity index (χ4n) is 2.36. The van der Waals surface area contributed by atoms with Crippen molar-refractivity contribution >= 4 is 27.9 Å². The van der Waals surface area contributed by atoms with E-state index in [9.17, 15) is 0 Å². The lowest BCUT2D eigenvalue weighted by Gasteiger charge is -2.28. The fraction of sp³-hybridized carbons (Fsp3) is 0.615. The van der Waals surface area contributed by atoms with Crippen molar-refractivity contribution in [1.29, 1.82) is 0 Å². The van der Waals surface area contributed by atoms with Crippen LogP contribution in [-0.4, -0.2) is 32.8 Å². The zero-order valence-electron chi connectivity index (χ0n) is 11.0. The molecule has 0 spiro atoms. The Balaban J connectivity index is 2.10. The molecule has 0 atom stereocenters. The second-order valence-corrected chi connectivity index (χ2v) is 5.71. The summed E-state index contributed by atoms with van der Waals surface area (Å²) < 4.78 is 2.09. The van der Waals surface area contributed by atoms with Crippen molar-refractivity contribution in [2.24, 2.45) is 0 Å². The summed E-state index contributed by atoms with van der Waals surface area (Å²) in [5, 5.41) is 2.06. The van der Waals surface area contributed by atoms with E-state index in [4.69, 9.17) is 11.6 Å². The van der Waals surface area contributed by atoms with Crippen molar-refractivity contribution in [3.63, 3.8) is 0 Å². The first kappa shape index (κ1) is 13.8. The smallest absolute Gasteiger partial charge is 0.193 e. The molecule has 0 aliphatic heterocycles. The third-order valence-corrected chi connectivity index (χ3v) is 4.28. The van der Waals surface area contributed by atoms with Crippen molar-refractivity contribution in [2.45, 2.75) is 39.3 Å². The number of fused-ring (bicyclic) bond motifs is 1. The molecule has 0 fully saturated rings. The van der Waals surface area contributed by atoms with Crippen molar-refractivity contribution in [3.05, 3.63) is 23.5 Å². The molecule has 3 nitrogen and oxygen atoms in total. The maximum atomic E-state index is 5.91. The van der Waals surface area contributed by atoms with E-state index in [0.29, 0.717) is 11.9 Å². The molecule has 0 saturated heterocycles. The summed E-state index contributed by atoms with van der Waals surface area (Å²) in [5.74, 6) is 0.679. The summed E-state index contributed by atoms with van der Waals surface area (Å²) in [6, 6.07) is 0.600. The minimum absolute atomic E-state index is 0.600. The molecule has 0 bridgehead atoms. The molecule has 5 heteroatoms. The molecule has 100 valence electrons. The van der Waals surface area contributed by atoms with Gasteiger partial charge in [0.15, 0.2) is 4.96 Å². The molecule has 0 N–H and O–H groups in total. The van der Waals surface area contributed by atoms with Crippen molar-refractivity contribution in [3.8, 4) is 0 Å². The minimum atomic E-state index is 0.600. The quantitative estimate of drug-likeness (QED) is 0.724. The van der Waals surface area contributed by atoms with E-state index in [1.165, 1.54) is 0 Å². The van der Waals surface area contributed by atoms with Crippen LogP contribution < -0.4 is 0 Å². The number of thiazole rings is 1. The second kappa shape index (κ2) is 6.55. The Morgan fingerprint density at radius 3 is 2.83 bits per heavy atom. The molecular weight excluding hydrogens is 266 g/mol. The van der Waals surface area contributed by atoms with Gasteiger partial charge in [0.05, 0.1) is 5.69 Å². The third-order valence-electron chi connectivity index (χ3n) is 3.34. The van der Waals surface area contributed by atoms with E-state index in [-0.39, 0.29) is 0 Å². The van der Waals surface area contributed by atoms with Gasteiger partial charge < -0.3 is 0 Å². The van der Waals surface area contributed by atoms with E-state index in [0.717, 1.165) is 36.6 Å². The zero-order valence-corrected chi connectivity index (χ0v) is 12.5. The normalized spacial score (nSPS) is 12.1. The van der Waals surface area contributed by atoms with Crippen LogP contribution in [0.5, 0.6) is 0 Å². The van der Waals surface area contributed by atoms with Gasteiger partial charge in [-0.2, -0.15) is 0 Å². The monoisotopic (exact) mass is 285 g/mol. The minimum Gasteiger partial charge on any atom is -0.297 e. The molecular formula is C13H20ClN3S. The van der Waals surface area contributed by atoms with Crippen LogP contribution in [0.1, 0.15) is 32.4 Å². The number of rotatable bonds is 7. The molecule has 0 amide bonds. The summed E-state index contributed by atoms with van der Waals surface area (Å²) in [7, 11) is 0. The lowest BCUT2D eigenvalue weighted by molar-refractivity contribution is 0.186. The molecule has 0 unspecified atom stereocenters. The molecule has 0 saturated carbocycles. The van der Waals surface area contributed by atoms with Gasteiger partial charge in [-0.05, 0) is 12.8 Å². The van der Waals surface area contributed by atoms with Gasteiger partial charge in [0.2, 0.25) is 0 Å². The number of hydrogen-bond donors (Lipinski definition) is 0. The van der Waals surface area contributed by atoms with Crippen LogP contribution in [0.25, 0.3) is 4.96 Å². The maximum absolute atomic E-state index is 5.91. The summed E-state index contributed by atoms with van der Waals surface area (Å²) >= 11 is 7.59. The predicted molar refractivity (Wildman–Crippen MR) is 78.6 cm³/mol. The molecule has 2 aromatic rings. The topological polar surface area (TPSA) is 20.5 Å². The predicted octanol–water partition coefficient (Wildman–Crippen LogP) is 3.63. The first-order valence-electron chi connectivity index (χ1n) is 6.49.